The highest BCUT2D eigenvalue weighted by Gasteiger charge is 2.24. The molecule has 1 aliphatic rings. The van der Waals surface area contributed by atoms with E-state index in [2.05, 4.69) is 20.6 Å². The SMILES string of the molecule is C[C@H](CO)Nc1ccc(-c2cc3ncn(C)c(=O)c3c(NC3CC3)n2)cc1S(C)(=O)=O. The number of aromatic nitrogens is 3. The van der Waals surface area contributed by atoms with E-state index in [0.29, 0.717) is 33.7 Å². The van der Waals surface area contributed by atoms with Crippen LogP contribution in [-0.2, 0) is 16.9 Å². The van der Waals surface area contributed by atoms with Crippen molar-refractivity contribution in [1.82, 2.24) is 14.5 Å². The van der Waals surface area contributed by atoms with Crippen LogP contribution in [0.2, 0.25) is 0 Å². The minimum Gasteiger partial charge on any atom is -0.394 e. The van der Waals surface area contributed by atoms with Gasteiger partial charge in [0.1, 0.15) is 11.2 Å². The third-order valence-corrected chi connectivity index (χ3v) is 6.31. The molecule has 0 unspecified atom stereocenters. The Morgan fingerprint density at radius 2 is 2.03 bits per heavy atom. The van der Waals surface area contributed by atoms with Gasteiger partial charge in [-0.05, 0) is 38.0 Å². The molecular weight excluding hydrogens is 418 g/mol. The predicted molar refractivity (Wildman–Crippen MR) is 120 cm³/mol. The molecule has 0 spiro atoms. The lowest BCUT2D eigenvalue weighted by Gasteiger charge is -2.17. The number of hydrogen-bond donors (Lipinski definition) is 3. The summed E-state index contributed by atoms with van der Waals surface area (Å²) in [7, 11) is -1.91. The Balaban J connectivity index is 1.88. The predicted octanol–water partition coefficient (Wildman–Crippen LogP) is 1.77. The van der Waals surface area contributed by atoms with E-state index in [-0.39, 0.29) is 29.1 Å². The first-order chi connectivity index (χ1) is 14.7. The molecule has 1 atom stereocenters. The number of sulfone groups is 1. The van der Waals surface area contributed by atoms with Crippen LogP contribution in [0.4, 0.5) is 11.5 Å². The summed E-state index contributed by atoms with van der Waals surface area (Å²) in [6.07, 6.45) is 4.62. The van der Waals surface area contributed by atoms with Gasteiger partial charge in [-0.2, -0.15) is 0 Å². The van der Waals surface area contributed by atoms with Gasteiger partial charge in [0.25, 0.3) is 5.56 Å². The largest absolute Gasteiger partial charge is 0.394 e. The molecule has 31 heavy (non-hydrogen) atoms. The molecule has 2 aromatic heterocycles. The Morgan fingerprint density at radius 3 is 2.68 bits per heavy atom. The Hall–Kier alpha value is -2.98. The third-order valence-electron chi connectivity index (χ3n) is 5.17. The van der Waals surface area contributed by atoms with E-state index in [1.165, 1.54) is 10.9 Å². The maximum atomic E-state index is 12.7. The number of pyridine rings is 1. The number of anilines is 2. The fourth-order valence-electron chi connectivity index (χ4n) is 3.31. The van der Waals surface area contributed by atoms with Gasteiger partial charge < -0.3 is 20.3 Å². The van der Waals surface area contributed by atoms with Gasteiger partial charge in [0.05, 0.1) is 34.7 Å². The number of fused-ring (bicyclic) bond motifs is 1. The molecule has 4 rings (SSSR count). The first-order valence-corrected chi connectivity index (χ1v) is 11.9. The van der Waals surface area contributed by atoms with Crippen LogP contribution in [0.15, 0.2) is 40.3 Å². The summed E-state index contributed by atoms with van der Waals surface area (Å²) in [4.78, 5) is 21.9. The molecule has 2 heterocycles. The molecule has 1 aromatic carbocycles. The van der Waals surface area contributed by atoms with Crippen molar-refractivity contribution in [3.63, 3.8) is 0 Å². The van der Waals surface area contributed by atoms with Crippen LogP contribution in [-0.4, -0.2) is 53.0 Å². The molecular formula is C21H25N5O4S. The van der Waals surface area contributed by atoms with Gasteiger partial charge in [0.2, 0.25) is 0 Å². The summed E-state index contributed by atoms with van der Waals surface area (Å²) in [6.45, 7) is 1.63. The van der Waals surface area contributed by atoms with Crippen molar-refractivity contribution in [3.8, 4) is 11.3 Å². The molecule has 0 amide bonds. The first-order valence-electron chi connectivity index (χ1n) is 10.0. The van der Waals surface area contributed by atoms with Crippen molar-refractivity contribution in [1.29, 1.82) is 0 Å². The van der Waals surface area contributed by atoms with E-state index in [9.17, 15) is 18.3 Å². The molecule has 0 saturated heterocycles. The van der Waals surface area contributed by atoms with Gasteiger partial charge in [-0.3, -0.25) is 4.79 Å². The van der Waals surface area contributed by atoms with E-state index in [4.69, 9.17) is 0 Å². The van der Waals surface area contributed by atoms with Gasteiger partial charge in [-0.15, -0.1) is 0 Å². The third kappa shape index (κ3) is 4.40. The molecule has 0 radical (unpaired) electrons. The highest BCUT2D eigenvalue weighted by atomic mass is 32.2. The van der Waals surface area contributed by atoms with Crippen LogP contribution >= 0.6 is 0 Å². The number of hydrogen-bond acceptors (Lipinski definition) is 8. The first kappa shape index (κ1) is 21.3. The van der Waals surface area contributed by atoms with E-state index < -0.39 is 9.84 Å². The van der Waals surface area contributed by atoms with Gasteiger partial charge in [0.15, 0.2) is 9.84 Å². The summed E-state index contributed by atoms with van der Waals surface area (Å²) in [5, 5.41) is 16.0. The normalized spacial score (nSPS) is 15.1. The summed E-state index contributed by atoms with van der Waals surface area (Å²) in [5.41, 5.74) is 1.82. The maximum absolute atomic E-state index is 12.7. The lowest BCUT2D eigenvalue weighted by atomic mass is 10.1. The standard InChI is InChI=1S/C21H25N5O4S/c1-12(10-27)23-15-7-4-13(8-18(15)31(3,29)30)16-9-17-19(21(28)26(2)11-22-17)20(25-16)24-14-5-6-14/h4,7-9,11-12,14,23,27H,5-6,10H2,1-3H3,(H,24,25)/t12-/m1/s1. The maximum Gasteiger partial charge on any atom is 0.264 e. The molecule has 1 fully saturated rings. The Morgan fingerprint density at radius 1 is 1.29 bits per heavy atom. The van der Waals surface area contributed by atoms with E-state index in [0.717, 1.165) is 19.1 Å². The molecule has 3 aromatic rings. The number of nitrogens with one attached hydrogen (secondary N) is 2. The number of rotatable bonds is 7. The second-order valence-corrected chi connectivity index (χ2v) is 10.0. The lowest BCUT2D eigenvalue weighted by molar-refractivity contribution is 0.281. The molecule has 1 saturated carbocycles. The molecule has 0 bridgehead atoms. The van der Waals surface area contributed by atoms with Crippen molar-refractivity contribution in [2.24, 2.45) is 7.05 Å². The summed E-state index contributed by atoms with van der Waals surface area (Å²) in [6, 6.07) is 6.64. The minimum atomic E-state index is -3.55. The summed E-state index contributed by atoms with van der Waals surface area (Å²) >= 11 is 0. The summed E-state index contributed by atoms with van der Waals surface area (Å²) in [5.74, 6) is 0.459. The monoisotopic (exact) mass is 443 g/mol. The van der Waals surface area contributed by atoms with Crippen LogP contribution in [0.5, 0.6) is 0 Å². The van der Waals surface area contributed by atoms with E-state index in [1.807, 2.05) is 0 Å². The Labute approximate surface area is 180 Å². The zero-order valence-electron chi connectivity index (χ0n) is 17.6. The number of aryl methyl sites for hydroxylation is 1. The second-order valence-electron chi connectivity index (χ2n) is 8.04. The van der Waals surface area contributed by atoms with Crippen LogP contribution in [0, 0.1) is 0 Å². The van der Waals surface area contributed by atoms with Crippen molar-refractivity contribution >= 4 is 32.2 Å². The van der Waals surface area contributed by atoms with Crippen molar-refractivity contribution in [2.75, 3.05) is 23.5 Å². The number of aliphatic hydroxyl groups is 1. The van der Waals surface area contributed by atoms with E-state index in [1.54, 1.807) is 38.2 Å². The van der Waals surface area contributed by atoms with Crippen LogP contribution in [0.25, 0.3) is 22.2 Å². The van der Waals surface area contributed by atoms with Crippen LogP contribution in [0.1, 0.15) is 19.8 Å². The average molecular weight is 444 g/mol. The fourth-order valence-corrected chi connectivity index (χ4v) is 4.18. The minimum absolute atomic E-state index is 0.112. The van der Waals surface area contributed by atoms with Gasteiger partial charge >= 0.3 is 0 Å². The number of benzene rings is 1. The zero-order chi connectivity index (χ0) is 22.3. The zero-order valence-corrected chi connectivity index (χ0v) is 18.4. The Bertz CT molecular complexity index is 1320. The molecule has 164 valence electrons. The quantitative estimate of drug-likeness (QED) is 0.504. The van der Waals surface area contributed by atoms with Gasteiger partial charge in [-0.25, -0.2) is 18.4 Å². The highest BCUT2D eigenvalue weighted by molar-refractivity contribution is 7.90. The fraction of sp³-hybridized carbons (Fsp3) is 0.381. The highest BCUT2D eigenvalue weighted by Crippen LogP contribution is 2.32. The summed E-state index contributed by atoms with van der Waals surface area (Å²) < 4.78 is 26.3. The second kappa shape index (κ2) is 7.93. The molecule has 0 aliphatic heterocycles. The topological polar surface area (TPSA) is 126 Å². The van der Waals surface area contributed by atoms with Gasteiger partial charge in [-0.1, -0.05) is 6.07 Å². The van der Waals surface area contributed by atoms with E-state index >= 15 is 0 Å². The van der Waals surface area contributed by atoms with Crippen LogP contribution < -0.4 is 16.2 Å². The van der Waals surface area contributed by atoms with Crippen molar-refractivity contribution < 1.29 is 13.5 Å². The van der Waals surface area contributed by atoms with Crippen molar-refractivity contribution in [3.05, 3.63) is 40.9 Å². The number of aliphatic hydroxyl groups excluding tert-OH is 1. The average Bonchev–Trinajstić information content (AvgIpc) is 3.54. The Kier molecular flexibility index (Phi) is 5.44. The number of nitrogens with zero attached hydrogens (tertiary/aromatic N) is 3. The smallest absolute Gasteiger partial charge is 0.264 e. The van der Waals surface area contributed by atoms with Crippen LogP contribution in [0.3, 0.4) is 0 Å². The molecule has 9 nitrogen and oxygen atoms in total. The molecule has 10 heteroatoms. The molecule has 1 aliphatic carbocycles. The lowest BCUT2D eigenvalue weighted by Crippen LogP contribution is -2.21. The van der Waals surface area contributed by atoms with Gasteiger partial charge in [0, 0.05) is 31.0 Å². The van der Waals surface area contributed by atoms with Crippen molar-refractivity contribution in [2.45, 2.75) is 36.7 Å². The molecule has 3 N–H and O–H groups in total.